The minimum absolute atomic E-state index is 0.0113. The quantitative estimate of drug-likeness (QED) is 0.726. The zero-order valence-corrected chi connectivity index (χ0v) is 9.40. The van der Waals surface area contributed by atoms with E-state index in [1.807, 2.05) is 11.8 Å². The second-order valence-electron chi connectivity index (χ2n) is 3.84. The van der Waals surface area contributed by atoms with E-state index in [1.165, 1.54) is 0 Å². The highest BCUT2D eigenvalue weighted by atomic mass is 16.2. The number of nitrogens with zero attached hydrogens (tertiary/aromatic N) is 3. The Morgan fingerprint density at radius 1 is 1.62 bits per heavy atom. The lowest BCUT2D eigenvalue weighted by Gasteiger charge is -2.31. The first-order valence-corrected chi connectivity index (χ1v) is 5.24. The molecule has 0 unspecified atom stereocenters. The van der Waals surface area contributed by atoms with Gasteiger partial charge >= 0.3 is 0 Å². The number of carbonyl (C=O) groups is 1. The third-order valence-electron chi connectivity index (χ3n) is 2.42. The van der Waals surface area contributed by atoms with Crippen LogP contribution in [0.25, 0.3) is 0 Å². The summed E-state index contributed by atoms with van der Waals surface area (Å²) in [6.07, 6.45) is 1.69. The summed E-state index contributed by atoms with van der Waals surface area (Å²) in [5, 5.41) is 5.81. The molecule has 6 nitrogen and oxygen atoms in total. The first-order chi connectivity index (χ1) is 7.69. The lowest BCUT2D eigenvalue weighted by atomic mass is 10.2. The van der Waals surface area contributed by atoms with Crippen LogP contribution < -0.4 is 15.5 Å². The molecule has 16 heavy (non-hydrogen) atoms. The Balaban J connectivity index is 2.19. The molecule has 0 bridgehead atoms. The fourth-order valence-electron chi connectivity index (χ4n) is 1.73. The highest BCUT2D eigenvalue weighted by molar-refractivity contribution is 5.82. The van der Waals surface area contributed by atoms with E-state index in [9.17, 15) is 4.79 Å². The molecule has 0 saturated carbocycles. The number of carbonyl (C=O) groups excluding carboxylic acids is 1. The van der Waals surface area contributed by atoms with Crippen LogP contribution in [0.15, 0.2) is 12.3 Å². The molecule has 1 fully saturated rings. The Kier molecular flexibility index (Phi) is 2.89. The van der Waals surface area contributed by atoms with Crippen LogP contribution in [0, 0.1) is 0 Å². The molecule has 1 saturated heterocycles. The minimum Gasteiger partial charge on any atom is -0.373 e. The van der Waals surface area contributed by atoms with E-state index in [1.54, 1.807) is 19.3 Å². The molecule has 1 aromatic rings. The number of anilines is 2. The SMILES string of the molecule is CNc1ccnc(N2CC(=O)N[C@H](C)C2)n1. The van der Waals surface area contributed by atoms with Crippen molar-refractivity contribution in [3.8, 4) is 0 Å². The molecule has 1 aliphatic rings. The first-order valence-electron chi connectivity index (χ1n) is 5.24. The van der Waals surface area contributed by atoms with Gasteiger partial charge in [0.1, 0.15) is 5.82 Å². The van der Waals surface area contributed by atoms with Crippen LogP contribution in [0.2, 0.25) is 0 Å². The smallest absolute Gasteiger partial charge is 0.239 e. The van der Waals surface area contributed by atoms with Crippen molar-refractivity contribution in [2.45, 2.75) is 13.0 Å². The monoisotopic (exact) mass is 221 g/mol. The molecule has 1 amide bonds. The van der Waals surface area contributed by atoms with Crippen LogP contribution >= 0.6 is 0 Å². The normalized spacial score (nSPS) is 20.5. The zero-order chi connectivity index (χ0) is 11.5. The van der Waals surface area contributed by atoms with Gasteiger partial charge in [0.25, 0.3) is 0 Å². The van der Waals surface area contributed by atoms with Crippen molar-refractivity contribution in [1.29, 1.82) is 0 Å². The second-order valence-corrected chi connectivity index (χ2v) is 3.84. The number of hydrogen-bond acceptors (Lipinski definition) is 5. The Labute approximate surface area is 94.1 Å². The van der Waals surface area contributed by atoms with Crippen LogP contribution in [0.5, 0.6) is 0 Å². The molecule has 1 atom stereocenters. The van der Waals surface area contributed by atoms with Crippen molar-refractivity contribution in [2.75, 3.05) is 30.4 Å². The summed E-state index contributed by atoms with van der Waals surface area (Å²) in [5.41, 5.74) is 0. The summed E-state index contributed by atoms with van der Waals surface area (Å²) >= 11 is 0. The molecule has 1 aromatic heterocycles. The molecule has 2 N–H and O–H groups in total. The van der Waals surface area contributed by atoms with Crippen LogP contribution in [-0.4, -0.2) is 42.1 Å². The van der Waals surface area contributed by atoms with Crippen molar-refractivity contribution >= 4 is 17.7 Å². The largest absolute Gasteiger partial charge is 0.373 e. The van der Waals surface area contributed by atoms with E-state index >= 15 is 0 Å². The minimum atomic E-state index is 0.0113. The third kappa shape index (κ3) is 2.21. The fourth-order valence-corrected chi connectivity index (χ4v) is 1.73. The highest BCUT2D eigenvalue weighted by Crippen LogP contribution is 2.12. The predicted molar refractivity (Wildman–Crippen MR) is 61.4 cm³/mol. The van der Waals surface area contributed by atoms with Crippen molar-refractivity contribution in [3.05, 3.63) is 12.3 Å². The number of amides is 1. The van der Waals surface area contributed by atoms with Crippen molar-refractivity contribution in [1.82, 2.24) is 15.3 Å². The Morgan fingerprint density at radius 3 is 3.12 bits per heavy atom. The third-order valence-corrected chi connectivity index (χ3v) is 2.42. The summed E-state index contributed by atoms with van der Waals surface area (Å²) in [6, 6.07) is 1.92. The van der Waals surface area contributed by atoms with E-state index in [0.29, 0.717) is 12.5 Å². The van der Waals surface area contributed by atoms with E-state index in [-0.39, 0.29) is 11.9 Å². The van der Waals surface area contributed by atoms with Gasteiger partial charge in [0.2, 0.25) is 11.9 Å². The predicted octanol–water partition coefficient (Wildman–Crippen LogP) is -0.157. The van der Waals surface area contributed by atoms with Crippen LogP contribution in [0.3, 0.4) is 0 Å². The number of rotatable bonds is 2. The maximum Gasteiger partial charge on any atom is 0.239 e. The average molecular weight is 221 g/mol. The number of aromatic nitrogens is 2. The summed E-state index contributed by atoms with van der Waals surface area (Å²) in [7, 11) is 1.80. The van der Waals surface area contributed by atoms with E-state index in [4.69, 9.17) is 0 Å². The molecule has 2 rings (SSSR count). The maximum atomic E-state index is 11.4. The Hall–Kier alpha value is -1.85. The van der Waals surface area contributed by atoms with Gasteiger partial charge in [-0.05, 0) is 13.0 Å². The Morgan fingerprint density at radius 2 is 2.44 bits per heavy atom. The summed E-state index contributed by atoms with van der Waals surface area (Å²) in [6.45, 7) is 3.02. The van der Waals surface area contributed by atoms with Gasteiger partial charge in [-0.2, -0.15) is 4.98 Å². The van der Waals surface area contributed by atoms with Gasteiger partial charge in [-0.15, -0.1) is 0 Å². The van der Waals surface area contributed by atoms with E-state index in [2.05, 4.69) is 20.6 Å². The molecule has 6 heteroatoms. The van der Waals surface area contributed by atoms with Gasteiger partial charge in [-0.1, -0.05) is 0 Å². The molecular weight excluding hydrogens is 206 g/mol. The summed E-state index contributed by atoms with van der Waals surface area (Å²) in [4.78, 5) is 21.7. The number of hydrogen-bond donors (Lipinski definition) is 2. The number of piperazine rings is 1. The van der Waals surface area contributed by atoms with Crippen LogP contribution in [-0.2, 0) is 4.79 Å². The molecule has 86 valence electrons. The van der Waals surface area contributed by atoms with Gasteiger partial charge in [-0.3, -0.25) is 4.79 Å². The zero-order valence-electron chi connectivity index (χ0n) is 9.40. The summed E-state index contributed by atoms with van der Waals surface area (Å²) in [5.74, 6) is 1.36. The second kappa shape index (κ2) is 4.34. The van der Waals surface area contributed by atoms with Gasteiger partial charge in [0.05, 0.1) is 6.54 Å². The van der Waals surface area contributed by atoms with Gasteiger partial charge < -0.3 is 15.5 Å². The van der Waals surface area contributed by atoms with Crippen molar-refractivity contribution in [3.63, 3.8) is 0 Å². The van der Waals surface area contributed by atoms with Gasteiger partial charge in [0, 0.05) is 25.8 Å². The lowest BCUT2D eigenvalue weighted by molar-refractivity contribution is -0.121. The maximum absolute atomic E-state index is 11.4. The van der Waals surface area contributed by atoms with Crippen LogP contribution in [0.1, 0.15) is 6.92 Å². The molecular formula is C10H15N5O. The molecule has 1 aliphatic heterocycles. The fraction of sp³-hybridized carbons (Fsp3) is 0.500. The highest BCUT2D eigenvalue weighted by Gasteiger charge is 2.23. The van der Waals surface area contributed by atoms with Gasteiger partial charge in [-0.25, -0.2) is 4.98 Å². The molecule has 2 heterocycles. The molecule has 0 radical (unpaired) electrons. The van der Waals surface area contributed by atoms with Gasteiger partial charge in [0.15, 0.2) is 0 Å². The molecule has 0 aliphatic carbocycles. The van der Waals surface area contributed by atoms with E-state index < -0.39 is 0 Å². The van der Waals surface area contributed by atoms with E-state index in [0.717, 1.165) is 12.4 Å². The standard InChI is InChI=1S/C10H15N5O/c1-7-5-15(6-9(16)13-7)10-12-4-3-8(11-2)14-10/h3-4,7H,5-6H2,1-2H3,(H,13,16)(H,11,12,14)/t7-/m1/s1. The average Bonchev–Trinajstić information content (AvgIpc) is 2.28. The topological polar surface area (TPSA) is 70.2 Å². The lowest BCUT2D eigenvalue weighted by Crippen LogP contribution is -2.53. The number of nitrogens with one attached hydrogen (secondary N) is 2. The van der Waals surface area contributed by atoms with Crippen LogP contribution in [0.4, 0.5) is 11.8 Å². The first kappa shape index (κ1) is 10.7. The molecule has 0 aromatic carbocycles. The Bertz CT molecular complexity index is 395. The van der Waals surface area contributed by atoms with Crippen molar-refractivity contribution in [2.24, 2.45) is 0 Å². The van der Waals surface area contributed by atoms with Crippen molar-refractivity contribution < 1.29 is 4.79 Å². The summed E-state index contributed by atoms with van der Waals surface area (Å²) < 4.78 is 0. The molecule has 0 spiro atoms.